The predicted octanol–water partition coefficient (Wildman–Crippen LogP) is 4.56. The third-order valence-corrected chi connectivity index (χ3v) is 8.08. The van der Waals surface area contributed by atoms with Crippen molar-refractivity contribution in [2.24, 2.45) is 4.99 Å². The summed E-state index contributed by atoms with van der Waals surface area (Å²) in [6.07, 6.45) is 1.84. The Labute approximate surface area is 242 Å². The van der Waals surface area contributed by atoms with Crippen LogP contribution in [0, 0.1) is 3.57 Å². The molecular formula is C30H25IN2O5S. The second-order valence-corrected chi connectivity index (χ2v) is 10.8. The van der Waals surface area contributed by atoms with E-state index in [9.17, 15) is 9.59 Å². The highest BCUT2D eigenvalue weighted by molar-refractivity contribution is 14.1. The van der Waals surface area contributed by atoms with Gasteiger partial charge >= 0.3 is 5.97 Å². The van der Waals surface area contributed by atoms with Crippen molar-refractivity contribution in [3.05, 3.63) is 118 Å². The van der Waals surface area contributed by atoms with Crippen LogP contribution in [0.25, 0.3) is 11.8 Å². The Morgan fingerprint density at radius 2 is 1.85 bits per heavy atom. The molecule has 0 saturated heterocycles. The van der Waals surface area contributed by atoms with Gasteiger partial charge in [-0.2, -0.15) is 0 Å². The fourth-order valence-electron chi connectivity index (χ4n) is 4.49. The van der Waals surface area contributed by atoms with Crippen LogP contribution < -0.4 is 24.4 Å². The van der Waals surface area contributed by atoms with Gasteiger partial charge in [-0.1, -0.05) is 59.9 Å². The zero-order valence-corrected chi connectivity index (χ0v) is 24.5. The number of ether oxygens (including phenoxy) is 3. The molecule has 0 saturated carbocycles. The molecular weight excluding hydrogens is 627 g/mol. The van der Waals surface area contributed by atoms with Crippen LogP contribution in [0.3, 0.4) is 0 Å². The van der Waals surface area contributed by atoms with Crippen molar-refractivity contribution < 1.29 is 19.0 Å². The summed E-state index contributed by atoms with van der Waals surface area (Å²) in [7, 11) is 3.21. The van der Waals surface area contributed by atoms with Crippen LogP contribution in [0.4, 0.5) is 0 Å². The number of rotatable bonds is 7. The molecule has 1 aliphatic rings. The van der Waals surface area contributed by atoms with Gasteiger partial charge in [0, 0.05) is 5.56 Å². The molecule has 1 aliphatic heterocycles. The summed E-state index contributed by atoms with van der Waals surface area (Å²) in [5.74, 6) is 0.856. The van der Waals surface area contributed by atoms with Crippen molar-refractivity contribution >= 4 is 51.7 Å². The third kappa shape index (κ3) is 5.28. The lowest BCUT2D eigenvalue weighted by Crippen LogP contribution is -2.40. The van der Waals surface area contributed by atoms with E-state index in [0.29, 0.717) is 31.9 Å². The first kappa shape index (κ1) is 26.9. The van der Waals surface area contributed by atoms with Crippen LogP contribution in [0.15, 0.2) is 88.2 Å². The van der Waals surface area contributed by atoms with Gasteiger partial charge in [-0.3, -0.25) is 9.36 Å². The van der Waals surface area contributed by atoms with Gasteiger partial charge < -0.3 is 14.2 Å². The van der Waals surface area contributed by atoms with Gasteiger partial charge in [0.1, 0.15) is 11.5 Å². The molecule has 0 bridgehead atoms. The standard InChI is InChI=1S/C30H25IN2O5S/c1-4-38-29(35)25-26(19-9-6-5-7-10-19)32-30-33(27(25)20-11-8-12-21(17-20)36-2)28(34)24(39-30)16-18-13-14-23(37-3)22(31)15-18/h5-17,27H,4H2,1-3H3. The second kappa shape index (κ2) is 11.6. The number of aromatic nitrogens is 1. The average Bonchev–Trinajstić information content (AvgIpc) is 3.27. The minimum Gasteiger partial charge on any atom is -0.497 e. The zero-order valence-electron chi connectivity index (χ0n) is 21.5. The van der Waals surface area contributed by atoms with E-state index in [1.165, 1.54) is 11.3 Å². The van der Waals surface area contributed by atoms with Crippen LogP contribution in [-0.2, 0) is 9.53 Å². The predicted molar refractivity (Wildman–Crippen MR) is 160 cm³/mol. The van der Waals surface area contributed by atoms with Crippen molar-refractivity contribution in [3.8, 4) is 11.5 Å². The summed E-state index contributed by atoms with van der Waals surface area (Å²) >= 11 is 3.49. The first-order chi connectivity index (χ1) is 18.9. The van der Waals surface area contributed by atoms with E-state index in [4.69, 9.17) is 19.2 Å². The SMILES string of the molecule is CCOC(=O)C1=C(c2ccccc2)N=c2sc(=Cc3ccc(OC)c(I)c3)c(=O)n2C1c1cccc(OC)c1. The van der Waals surface area contributed by atoms with Gasteiger partial charge in [0.25, 0.3) is 5.56 Å². The first-order valence-electron chi connectivity index (χ1n) is 12.2. The largest absolute Gasteiger partial charge is 0.497 e. The maximum absolute atomic E-state index is 14.0. The Bertz CT molecular complexity index is 1760. The monoisotopic (exact) mass is 652 g/mol. The smallest absolute Gasteiger partial charge is 0.338 e. The normalized spacial score (nSPS) is 15.0. The van der Waals surface area contributed by atoms with E-state index < -0.39 is 12.0 Å². The number of methoxy groups -OCH3 is 2. The van der Waals surface area contributed by atoms with E-state index >= 15 is 0 Å². The van der Waals surface area contributed by atoms with E-state index in [2.05, 4.69) is 22.6 Å². The number of esters is 1. The van der Waals surface area contributed by atoms with Crippen molar-refractivity contribution in [2.45, 2.75) is 13.0 Å². The van der Waals surface area contributed by atoms with Crippen LogP contribution in [0.2, 0.25) is 0 Å². The Kier molecular flexibility index (Phi) is 7.99. The van der Waals surface area contributed by atoms with Gasteiger partial charge in [0.2, 0.25) is 0 Å². The van der Waals surface area contributed by atoms with Gasteiger partial charge in [-0.25, -0.2) is 9.79 Å². The quantitative estimate of drug-likeness (QED) is 0.216. The van der Waals surface area contributed by atoms with Crippen LogP contribution >= 0.6 is 33.9 Å². The highest BCUT2D eigenvalue weighted by Gasteiger charge is 2.35. The van der Waals surface area contributed by atoms with Crippen molar-refractivity contribution in [1.29, 1.82) is 0 Å². The van der Waals surface area contributed by atoms with Gasteiger partial charge in [0.15, 0.2) is 4.80 Å². The molecule has 0 fully saturated rings. The van der Waals surface area contributed by atoms with Crippen molar-refractivity contribution in [1.82, 2.24) is 4.57 Å². The Morgan fingerprint density at radius 3 is 2.54 bits per heavy atom. The summed E-state index contributed by atoms with van der Waals surface area (Å²) in [6.45, 7) is 1.95. The maximum atomic E-state index is 14.0. The van der Waals surface area contributed by atoms with E-state index in [1.54, 1.807) is 25.7 Å². The second-order valence-electron chi connectivity index (χ2n) is 8.60. The number of fused-ring (bicyclic) bond motifs is 1. The number of carbonyl (C=O) groups excluding carboxylic acids is 1. The molecule has 2 heterocycles. The number of benzene rings is 3. The van der Waals surface area contributed by atoms with Gasteiger partial charge in [0.05, 0.1) is 46.2 Å². The number of hydrogen-bond acceptors (Lipinski definition) is 7. The fourth-order valence-corrected chi connectivity index (χ4v) is 6.25. The van der Waals surface area contributed by atoms with Crippen LogP contribution in [-0.4, -0.2) is 31.4 Å². The molecule has 198 valence electrons. The van der Waals surface area contributed by atoms with Crippen LogP contribution in [0.1, 0.15) is 29.7 Å². The average molecular weight is 653 g/mol. The number of carbonyl (C=O) groups is 1. The lowest BCUT2D eigenvalue weighted by atomic mass is 9.93. The summed E-state index contributed by atoms with van der Waals surface area (Å²) < 4.78 is 19.4. The first-order valence-corrected chi connectivity index (χ1v) is 14.1. The summed E-state index contributed by atoms with van der Waals surface area (Å²) in [6, 6.07) is 21.8. The minimum atomic E-state index is -0.760. The van der Waals surface area contributed by atoms with E-state index in [-0.39, 0.29) is 12.2 Å². The van der Waals surface area contributed by atoms with Crippen molar-refractivity contribution in [3.63, 3.8) is 0 Å². The lowest BCUT2D eigenvalue weighted by Gasteiger charge is -2.26. The Balaban J connectivity index is 1.81. The summed E-state index contributed by atoms with van der Waals surface area (Å²) in [4.78, 5) is 32.9. The minimum absolute atomic E-state index is 0.190. The Hall–Kier alpha value is -3.70. The van der Waals surface area contributed by atoms with Gasteiger partial charge in [-0.05, 0) is 71.0 Å². The molecule has 3 aromatic carbocycles. The number of thiazole rings is 1. The van der Waals surface area contributed by atoms with Crippen LogP contribution in [0.5, 0.6) is 11.5 Å². The molecule has 1 aromatic heterocycles. The molecule has 1 unspecified atom stereocenters. The molecule has 0 N–H and O–H groups in total. The molecule has 39 heavy (non-hydrogen) atoms. The fraction of sp³-hybridized carbons (Fsp3) is 0.167. The number of halogens is 1. The van der Waals surface area contributed by atoms with E-state index in [1.807, 2.05) is 78.9 Å². The molecule has 7 nitrogen and oxygen atoms in total. The highest BCUT2D eigenvalue weighted by Crippen LogP contribution is 2.36. The maximum Gasteiger partial charge on any atom is 0.338 e. The molecule has 0 radical (unpaired) electrons. The number of nitrogens with zero attached hydrogens (tertiary/aromatic N) is 2. The molecule has 1 atom stereocenters. The lowest BCUT2D eigenvalue weighted by molar-refractivity contribution is -0.138. The summed E-state index contributed by atoms with van der Waals surface area (Å²) in [5, 5.41) is 0. The zero-order chi connectivity index (χ0) is 27.5. The molecule has 4 aromatic rings. The molecule has 0 amide bonds. The molecule has 0 spiro atoms. The third-order valence-electron chi connectivity index (χ3n) is 6.26. The van der Waals surface area contributed by atoms with Crippen molar-refractivity contribution in [2.75, 3.05) is 20.8 Å². The highest BCUT2D eigenvalue weighted by atomic mass is 127. The number of hydrogen-bond donors (Lipinski definition) is 0. The Morgan fingerprint density at radius 1 is 1.05 bits per heavy atom. The van der Waals surface area contributed by atoms with E-state index in [0.717, 1.165) is 20.4 Å². The molecule has 0 aliphatic carbocycles. The molecule has 5 rings (SSSR count). The van der Waals surface area contributed by atoms with Gasteiger partial charge in [-0.15, -0.1) is 0 Å². The topological polar surface area (TPSA) is 79.1 Å². The summed E-state index contributed by atoms with van der Waals surface area (Å²) in [5.41, 5.74) is 2.87. The molecule has 9 heteroatoms.